The number of ether oxygens (including phenoxy) is 1. The first-order valence-electron chi connectivity index (χ1n) is 7.04. The van der Waals surface area contributed by atoms with Gasteiger partial charge in [0.2, 0.25) is 0 Å². The van der Waals surface area contributed by atoms with Gasteiger partial charge in [0.15, 0.2) is 6.61 Å². The predicted molar refractivity (Wildman–Crippen MR) is 83.3 cm³/mol. The van der Waals surface area contributed by atoms with Crippen LogP contribution in [0, 0.1) is 10.8 Å². The molecule has 1 aliphatic heterocycles. The standard InChI is InChI=1S/C15H13Cl2NO6/c16-8-1-2-10(9(17)3-8)24-4-11(19)18-6-14(12(20)21)5-15(14,7-18)13(22)23/h1-3H,4-7H2,(H,20,21)(H,22,23)/t14-,15+. The summed E-state index contributed by atoms with van der Waals surface area (Å²) >= 11 is 11.7. The molecule has 0 unspecified atom stereocenters. The Kier molecular flexibility index (Phi) is 3.88. The minimum Gasteiger partial charge on any atom is -0.482 e. The fourth-order valence-electron chi connectivity index (χ4n) is 3.29. The third-order valence-corrected chi connectivity index (χ3v) is 5.26. The Morgan fingerprint density at radius 2 is 1.71 bits per heavy atom. The van der Waals surface area contributed by atoms with Crippen molar-refractivity contribution in [3.8, 4) is 5.75 Å². The number of hydrogen-bond acceptors (Lipinski definition) is 4. The van der Waals surface area contributed by atoms with Gasteiger partial charge in [-0.05, 0) is 24.6 Å². The number of amides is 1. The molecule has 2 atom stereocenters. The number of hydrogen-bond donors (Lipinski definition) is 2. The average Bonchev–Trinajstić information content (AvgIpc) is 3.05. The van der Waals surface area contributed by atoms with Crippen LogP contribution in [-0.2, 0) is 14.4 Å². The highest BCUT2D eigenvalue weighted by molar-refractivity contribution is 6.35. The molecule has 1 heterocycles. The van der Waals surface area contributed by atoms with Gasteiger partial charge < -0.3 is 19.8 Å². The number of carbonyl (C=O) groups is 3. The van der Waals surface area contributed by atoms with E-state index in [2.05, 4.69) is 0 Å². The van der Waals surface area contributed by atoms with Crippen molar-refractivity contribution in [2.45, 2.75) is 6.42 Å². The maximum atomic E-state index is 12.2. The second kappa shape index (κ2) is 5.53. The van der Waals surface area contributed by atoms with E-state index in [1.807, 2.05) is 0 Å². The quantitative estimate of drug-likeness (QED) is 0.814. The number of carbonyl (C=O) groups excluding carboxylic acids is 1. The van der Waals surface area contributed by atoms with Crippen LogP contribution in [0.5, 0.6) is 5.75 Å². The summed E-state index contributed by atoms with van der Waals surface area (Å²) in [6.45, 7) is -0.636. The Balaban J connectivity index is 1.67. The van der Waals surface area contributed by atoms with Gasteiger partial charge in [-0.1, -0.05) is 23.2 Å². The zero-order valence-electron chi connectivity index (χ0n) is 12.3. The van der Waals surface area contributed by atoms with Crippen molar-refractivity contribution in [2.75, 3.05) is 19.7 Å². The Hall–Kier alpha value is -1.99. The third-order valence-electron chi connectivity index (χ3n) is 4.73. The van der Waals surface area contributed by atoms with Crippen LogP contribution in [0.2, 0.25) is 10.0 Å². The largest absolute Gasteiger partial charge is 0.482 e. The van der Waals surface area contributed by atoms with Crippen molar-refractivity contribution in [1.29, 1.82) is 0 Å². The van der Waals surface area contributed by atoms with Crippen LogP contribution in [0.3, 0.4) is 0 Å². The van der Waals surface area contributed by atoms with Gasteiger partial charge in [0.1, 0.15) is 16.6 Å². The van der Waals surface area contributed by atoms with Gasteiger partial charge in [-0.2, -0.15) is 0 Å². The summed E-state index contributed by atoms with van der Waals surface area (Å²) in [4.78, 5) is 36.3. The van der Waals surface area contributed by atoms with E-state index < -0.39 is 28.7 Å². The van der Waals surface area contributed by atoms with E-state index in [4.69, 9.17) is 27.9 Å². The summed E-state index contributed by atoms with van der Waals surface area (Å²) in [5, 5.41) is 19.3. The molecule has 0 bridgehead atoms. The molecule has 3 rings (SSSR count). The summed E-state index contributed by atoms with van der Waals surface area (Å²) < 4.78 is 5.33. The van der Waals surface area contributed by atoms with Gasteiger partial charge in [-0.3, -0.25) is 14.4 Å². The van der Waals surface area contributed by atoms with E-state index >= 15 is 0 Å². The Labute approximate surface area is 146 Å². The van der Waals surface area contributed by atoms with Gasteiger partial charge in [-0.15, -0.1) is 0 Å². The average molecular weight is 374 g/mol. The van der Waals surface area contributed by atoms with Crippen molar-refractivity contribution in [2.24, 2.45) is 10.8 Å². The van der Waals surface area contributed by atoms with E-state index in [-0.39, 0.29) is 36.9 Å². The van der Waals surface area contributed by atoms with E-state index in [9.17, 15) is 24.6 Å². The lowest BCUT2D eigenvalue weighted by molar-refractivity contribution is -0.151. The summed E-state index contributed by atoms with van der Waals surface area (Å²) in [6.07, 6.45) is 0.0400. The van der Waals surface area contributed by atoms with Crippen molar-refractivity contribution in [1.82, 2.24) is 4.90 Å². The summed E-state index contributed by atoms with van der Waals surface area (Å²) in [7, 11) is 0. The first-order chi connectivity index (χ1) is 11.2. The zero-order valence-corrected chi connectivity index (χ0v) is 13.8. The fourth-order valence-corrected chi connectivity index (χ4v) is 3.75. The molecule has 1 saturated carbocycles. The number of nitrogens with zero attached hydrogens (tertiary/aromatic N) is 1. The minimum atomic E-state index is -1.40. The lowest BCUT2D eigenvalue weighted by Gasteiger charge is -2.20. The molecular weight excluding hydrogens is 361 g/mol. The van der Waals surface area contributed by atoms with Gasteiger partial charge >= 0.3 is 11.9 Å². The number of benzene rings is 1. The molecule has 128 valence electrons. The predicted octanol–water partition coefficient (Wildman–Crippen LogP) is 1.76. The highest BCUT2D eigenvalue weighted by Crippen LogP contribution is 2.68. The van der Waals surface area contributed by atoms with Crippen LogP contribution in [0.15, 0.2) is 18.2 Å². The lowest BCUT2D eigenvalue weighted by Crippen LogP contribution is -2.37. The van der Waals surface area contributed by atoms with Gasteiger partial charge in [0, 0.05) is 18.1 Å². The molecule has 2 aliphatic rings. The highest BCUT2D eigenvalue weighted by Gasteiger charge is 2.81. The Morgan fingerprint density at radius 3 is 2.21 bits per heavy atom. The molecule has 0 radical (unpaired) electrons. The summed E-state index contributed by atoms with van der Waals surface area (Å²) in [6, 6.07) is 4.53. The first kappa shape index (κ1) is 16.9. The molecule has 24 heavy (non-hydrogen) atoms. The molecule has 0 aromatic heterocycles. The van der Waals surface area contributed by atoms with Crippen LogP contribution in [0.4, 0.5) is 0 Å². The summed E-state index contributed by atoms with van der Waals surface area (Å²) in [5.41, 5.74) is -2.79. The van der Waals surface area contributed by atoms with Gasteiger partial charge in [-0.25, -0.2) is 0 Å². The third kappa shape index (κ3) is 2.39. The molecule has 7 nitrogen and oxygen atoms in total. The van der Waals surface area contributed by atoms with Crippen LogP contribution in [0.1, 0.15) is 6.42 Å². The van der Waals surface area contributed by atoms with Crippen LogP contribution >= 0.6 is 23.2 Å². The van der Waals surface area contributed by atoms with Crippen LogP contribution < -0.4 is 4.74 Å². The minimum absolute atomic E-state index is 0.0400. The van der Waals surface area contributed by atoms with E-state index in [0.29, 0.717) is 5.02 Å². The number of halogens is 2. The second-order valence-corrected chi connectivity index (χ2v) is 6.91. The van der Waals surface area contributed by atoms with Gasteiger partial charge in [0.05, 0.1) is 5.02 Å². The number of piperidine rings is 1. The van der Waals surface area contributed by atoms with Crippen molar-refractivity contribution in [3.05, 3.63) is 28.2 Å². The van der Waals surface area contributed by atoms with Crippen LogP contribution in [0.25, 0.3) is 0 Å². The maximum Gasteiger partial charge on any atom is 0.312 e. The molecule has 9 heteroatoms. The lowest BCUT2D eigenvalue weighted by atomic mass is 9.97. The van der Waals surface area contributed by atoms with Crippen molar-refractivity contribution >= 4 is 41.0 Å². The Morgan fingerprint density at radius 1 is 1.12 bits per heavy atom. The van der Waals surface area contributed by atoms with E-state index in [1.54, 1.807) is 6.07 Å². The van der Waals surface area contributed by atoms with Crippen molar-refractivity contribution < 1.29 is 29.3 Å². The molecule has 1 aromatic carbocycles. The molecule has 2 fully saturated rings. The fraction of sp³-hybridized carbons (Fsp3) is 0.400. The smallest absolute Gasteiger partial charge is 0.312 e. The SMILES string of the molecule is O=C(COc1ccc(Cl)cc1Cl)N1C[C@@]2(C(=O)O)C[C@@]2(C(=O)O)C1. The van der Waals surface area contributed by atoms with E-state index in [0.717, 1.165) is 0 Å². The number of carboxylic acid groups (broad SMARTS) is 2. The molecule has 1 saturated heterocycles. The molecule has 1 amide bonds. The molecule has 0 spiro atoms. The number of carboxylic acids is 2. The molecular formula is C15H13Cl2NO6. The van der Waals surface area contributed by atoms with Crippen molar-refractivity contribution in [3.63, 3.8) is 0 Å². The number of likely N-dealkylation sites (tertiary alicyclic amines) is 1. The number of rotatable bonds is 5. The molecule has 1 aromatic rings. The first-order valence-corrected chi connectivity index (χ1v) is 7.80. The topological polar surface area (TPSA) is 104 Å². The Bertz CT molecular complexity index is 725. The highest BCUT2D eigenvalue weighted by atomic mass is 35.5. The van der Waals surface area contributed by atoms with E-state index in [1.165, 1.54) is 17.0 Å². The molecule has 2 N–H and O–H groups in total. The molecule has 1 aliphatic carbocycles. The second-order valence-electron chi connectivity index (χ2n) is 6.06. The number of aliphatic carboxylic acids is 2. The number of fused-ring (bicyclic) bond motifs is 1. The monoisotopic (exact) mass is 373 g/mol. The van der Waals surface area contributed by atoms with Crippen LogP contribution in [-0.4, -0.2) is 52.7 Å². The summed E-state index contributed by atoms with van der Waals surface area (Å²) in [5.74, 6) is -2.61. The normalized spacial score (nSPS) is 27.5. The maximum absolute atomic E-state index is 12.2. The van der Waals surface area contributed by atoms with Gasteiger partial charge in [0.25, 0.3) is 5.91 Å². The zero-order chi connectivity index (χ0) is 17.7.